The lowest BCUT2D eigenvalue weighted by molar-refractivity contribution is 0.597. The summed E-state index contributed by atoms with van der Waals surface area (Å²) >= 11 is 5.88. The standard InChI is InChI=1S/C17H15ClF2N4O2S/c1-9-17(27(2,25)26)24-16(22-9)15(10-3-5-13(20)12(18)7-10)23-14-6-4-11(19)8-21-14/h3-8,15H,1-2H3,(H,21,23)(H,22,24)/t15-/m1/s1. The van der Waals surface area contributed by atoms with Crippen LogP contribution >= 0.6 is 11.6 Å². The van der Waals surface area contributed by atoms with Crippen molar-refractivity contribution in [3.63, 3.8) is 0 Å². The molecule has 2 N–H and O–H groups in total. The summed E-state index contributed by atoms with van der Waals surface area (Å²) in [5.74, 6) is -0.514. The monoisotopic (exact) mass is 412 g/mol. The molecule has 0 aliphatic carbocycles. The van der Waals surface area contributed by atoms with Crippen molar-refractivity contribution in [2.75, 3.05) is 11.6 Å². The van der Waals surface area contributed by atoms with Crippen molar-refractivity contribution >= 4 is 27.3 Å². The molecule has 1 aromatic carbocycles. The highest BCUT2D eigenvalue weighted by Gasteiger charge is 2.24. The summed E-state index contributed by atoms with van der Waals surface area (Å²) in [5, 5.41) is 2.84. The molecule has 0 aliphatic heterocycles. The van der Waals surface area contributed by atoms with Gasteiger partial charge in [0.1, 0.15) is 29.3 Å². The zero-order chi connectivity index (χ0) is 19.8. The van der Waals surface area contributed by atoms with E-state index in [1.807, 2.05) is 0 Å². The predicted octanol–water partition coefficient (Wildman–Crippen LogP) is 3.65. The van der Waals surface area contributed by atoms with Crippen molar-refractivity contribution in [1.82, 2.24) is 15.0 Å². The topological polar surface area (TPSA) is 87.7 Å². The molecule has 10 heteroatoms. The van der Waals surface area contributed by atoms with Gasteiger partial charge in [0.15, 0.2) is 14.9 Å². The molecule has 1 atom stereocenters. The summed E-state index contributed by atoms with van der Waals surface area (Å²) in [6, 6.07) is 5.99. The van der Waals surface area contributed by atoms with Crippen LogP contribution in [0.25, 0.3) is 0 Å². The molecule has 0 saturated carbocycles. The minimum atomic E-state index is -3.54. The number of pyridine rings is 1. The highest BCUT2D eigenvalue weighted by molar-refractivity contribution is 7.90. The number of imidazole rings is 1. The van der Waals surface area contributed by atoms with Crippen LogP contribution in [0.1, 0.15) is 23.1 Å². The molecule has 0 saturated heterocycles. The van der Waals surface area contributed by atoms with Crippen LogP contribution in [0, 0.1) is 18.6 Å². The number of aromatic amines is 1. The van der Waals surface area contributed by atoms with Crippen LogP contribution in [0.2, 0.25) is 5.02 Å². The largest absolute Gasteiger partial charge is 0.356 e. The molecule has 27 heavy (non-hydrogen) atoms. The molecule has 6 nitrogen and oxygen atoms in total. The van der Waals surface area contributed by atoms with Gasteiger partial charge in [-0.05, 0) is 36.8 Å². The Morgan fingerprint density at radius 3 is 2.52 bits per heavy atom. The second-order valence-corrected chi connectivity index (χ2v) is 8.28. The number of nitrogens with one attached hydrogen (secondary N) is 2. The number of anilines is 1. The van der Waals surface area contributed by atoms with Gasteiger partial charge in [-0.3, -0.25) is 0 Å². The fourth-order valence-corrected chi connectivity index (χ4v) is 3.64. The minimum absolute atomic E-state index is 0.0930. The van der Waals surface area contributed by atoms with Gasteiger partial charge in [-0.15, -0.1) is 0 Å². The fourth-order valence-electron chi connectivity index (χ4n) is 2.58. The van der Waals surface area contributed by atoms with Gasteiger partial charge in [0.25, 0.3) is 0 Å². The maximum absolute atomic E-state index is 13.6. The first-order valence-corrected chi connectivity index (χ1v) is 10.0. The Morgan fingerprint density at radius 1 is 1.22 bits per heavy atom. The van der Waals surface area contributed by atoms with E-state index in [1.165, 1.54) is 30.3 Å². The van der Waals surface area contributed by atoms with Crippen molar-refractivity contribution in [3.05, 3.63) is 70.3 Å². The van der Waals surface area contributed by atoms with E-state index in [0.29, 0.717) is 17.1 Å². The van der Waals surface area contributed by atoms with E-state index < -0.39 is 27.5 Å². The van der Waals surface area contributed by atoms with E-state index in [9.17, 15) is 17.2 Å². The van der Waals surface area contributed by atoms with Crippen molar-refractivity contribution < 1.29 is 17.2 Å². The molecule has 3 aromatic rings. The molecule has 0 radical (unpaired) electrons. The third-order valence-electron chi connectivity index (χ3n) is 3.78. The molecule has 0 spiro atoms. The minimum Gasteiger partial charge on any atom is -0.356 e. The highest BCUT2D eigenvalue weighted by Crippen LogP contribution is 2.29. The van der Waals surface area contributed by atoms with Gasteiger partial charge in [-0.25, -0.2) is 27.2 Å². The molecule has 2 heterocycles. The smallest absolute Gasteiger partial charge is 0.194 e. The third kappa shape index (κ3) is 4.25. The van der Waals surface area contributed by atoms with E-state index in [2.05, 4.69) is 20.3 Å². The van der Waals surface area contributed by atoms with Crippen LogP contribution < -0.4 is 5.32 Å². The van der Waals surface area contributed by atoms with Crippen molar-refractivity contribution in [1.29, 1.82) is 0 Å². The Kier molecular flexibility index (Phi) is 5.16. The number of hydrogen-bond donors (Lipinski definition) is 2. The maximum atomic E-state index is 13.6. The zero-order valence-electron chi connectivity index (χ0n) is 14.3. The molecule has 142 valence electrons. The van der Waals surface area contributed by atoms with Crippen LogP contribution in [-0.4, -0.2) is 29.6 Å². The zero-order valence-corrected chi connectivity index (χ0v) is 15.9. The van der Waals surface area contributed by atoms with Gasteiger partial charge in [0.2, 0.25) is 0 Å². The molecule has 2 aromatic heterocycles. The van der Waals surface area contributed by atoms with Crippen LogP contribution in [-0.2, 0) is 9.84 Å². The van der Waals surface area contributed by atoms with E-state index in [1.54, 1.807) is 6.92 Å². The normalized spacial score (nSPS) is 12.8. The molecule has 0 bridgehead atoms. The van der Waals surface area contributed by atoms with E-state index in [-0.39, 0.29) is 15.9 Å². The lowest BCUT2D eigenvalue weighted by Crippen LogP contribution is -2.15. The van der Waals surface area contributed by atoms with Gasteiger partial charge in [-0.2, -0.15) is 0 Å². The Labute approximate surface area is 159 Å². The van der Waals surface area contributed by atoms with Gasteiger partial charge in [0.05, 0.1) is 16.9 Å². The lowest BCUT2D eigenvalue weighted by Gasteiger charge is -2.18. The van der Waals surface area contributed by atoms with Crippen LogP contribution in [0.15, 0.2) is 41.6 Å². The highest BCUT2D eigenvalue weighted by atomic mass is 35.5. The number of aromatic nitrogens is 3. The predicted molar refractivity (Wildman–Crippen MR) is 97.5 cm³/mol. The van der Waals surface area contributed by atoms with Crippen LogP contribution in [0.4, 0.5) is 14.6 Å². The van der Waals surface area contributed by atoms with Crippen molar-refractivity contribution in [2.24, 2.45) is 0 Å². The number of halogens is 3. The quantitative estimate of drug-likeness (QED) is 0.667. The summed E-state index contributed by atoms with van der Waals surface area (Å²) in [6.45, 7) is 1.58. The van der Waals surface area contributed by atoms with E-state index in [0.717, 1.165) is 12.5 Å². The molecule has 3 rings (SSSR count). The maximum Gasteiger partial charge on any atom is 0.194 e. The Bertz CT molecular complexity index is 1080. The number of aryl methyl sites for hydroxylation is 1. The number of H-pyrrole nitrogens is 1. The van der Waals surface area contributed by atoms with E-state index >= 15 is 0 Å². The Morgan fingerprint density at radius 2 is 1.96 bits per heavy atom. The number of nitrogens with zero attached hydrogens (tertiary/aromatic N) is 2. The lowest BCUT2D eigenvalue weighted by atomic mass is 10.1. The SMILES string of the molecule is Cc1[nH]c([C@H](Nc2ccc(F)cn2)c2ccc(F)c(Cl)c2)nc1S(C)(=O)=O. The van der Waals surface area contributed by atoms with Crippen molar-refractivity contribution in [3.8, 4) is 0 Å². The second kappa shape index (κ2) is 7.24. The first-order chi connectivity index (χ1) is 12.6. The molecular formula is C17H15ClF2N4O2S. The number of rotatable bonds is 5. The molecule has 0 unspecified atom stereocenters. The summed E-state index contributed by atoms with van der Waals surface area (Å²) in [6.07, 6.45) is 2.09. The fraction of sp³-hybridized carbons (Fsp3) is 0.176. The average molecular weight is 413 g/mol. The number of sulfone groups is 1. The molecule has 0 fully saturated rings. The van der Waals surface area contributed by atoms with Crippen molar-refractivity contribution in [2.45, 2.75) is 18.0 Å². The molecule has 0 amide bonds. The van der Waals surface area contributed by atoms with Crippen LogP contribution in [0.5, 0.6) is 0 Å². The first kappa shape index (κ1) is 19.2. The molecule has 0 aliphatic rings. The average Bonchev–Trinajstić information content (AvgIpc) is 2.99. The van der Waals surface area contributed by atoms with E-state index in [4.69, 9.17) is 11.6 Å². The van der Waals surface area contributed by atoms with Gasteiger partial charge >= 0.3 is 0 Å². The number of benzene rings is 1. The van der Waals surface area contributed by atoms with Gasteiger partial charge in [0, 0.05) is 6.26 Å². The summed E-state index contributed by atoms with van der Waals surface area (Å²) < 4.78 is 50.5. The Balaban J connectivity index is 2.09. The Hall–Kier alpha value is -2.52. The van der Waals surface area contributed by atoms with Gasteiger partial charge < -0.3 is 10.3 Å². The summed E-state index contributed by atoms with van der Waals surface area (Å²) in [4.78, 5) is 11.0. The third-order valence-corrected chi connectivity index (χ3v) is 5.17. The van der Waals surface area contributed by atoms with Gasteiger partial charge in [-0.1, -0.05) is 17.7 Å². The molecular weight excluding hydrogens is 398 g/mol. The number of hydrogen-bond acceptors (Lipinski definition) is 5. The second-order valence-electron chi connectivity index (χ2n) is 5.94. The summed E-state index contributed by atoms with van der Waals surface area (Å²) in [5.41, 5.74) is 0.876. The summed E-state index contributed by atoms with van der Waals surface area (Å²) in [7, 11) is -3.54. The van der Waals surface area contributed by atoms with Crippen LogP contribution in [0.3, 0.4) is 0 Å². The first-order valence-electron chi connectivity index (χ1n) is 7.75.